The van der Waals surface area contributed by atoms with Crippen molar-refractivity contribution in [3.05, 3.63) is 28.2 Å². The summed E-state index contributed by atoms with van der Waals surface area (Å²) in [6, 6.07) is 2.20. The standard InChI is InChI=1S/C8H7BrFNO2/c1-2-13-8(12)6-3-5(10)4-7(9)11-6/h3-4H,2H2,1H3. The van der Waals surface area contributed by atoms with Gasteiger partial charge < -0.3 is 4.74 Å². The summed E-state index contributed by atoms with van der Waals surface area (Å²) in [6.07, 6.45) is 0. The van der Waals surface area contributed by atoms with Gasteiger partial charge in [-0.05, 0) is 22.9 Å². The lowest BCUT2D eigenvalue weighted by Gasteiger charge is -2.00. The Morgan fingerprint density at radius 3 is 2.92 bits per heavy atom. The molecule has 0 saturated carbocycles. The molecule has 0 fully saturated rings. The van der Waals surface area contributed by atoms with E-state index in [4.69, 9.17) is 0 Å². The largest absolute Gasteiger partial charge is 0.461 e. The maximum absolute atomic E-state index is 12.8. The summed E-state index contributed by atoms with van der Waals surface area (Å²) in [4.78, 5) is 14.8. The number of carbonyl (C=O) groups is 1. The van der Waals surface area contributed by atoms with Gasteiger partial charge in [-0.2, -0.15) is 0 Å². The first-order valence-electron chi connectivity index (χ1n) is 3.63. The molecule has 0 amide bonds. The van der Waals surface area contributed by atoms with E-state index in [-0.39, 0.29) is 16.9 Å². The first-order valence-corrected chi connectivity index (χ1v) is 4.43. The predicted molar refractivity (Wildman–Crippen MR) is 47.9 cm³/mol. The normalized spacial score (nSPS) is 9.77. The van der Waals surface area contributed by atoms with E-state index in [1.165, 1.54) is 6.07 Å². The fraction of sp³-hybridized carbons (Fsp3) is 0.250. The van der Waals surface area contributed by atoms with Gasteiger partial charge in [0.25, 0.3) is 0 Å². The molecule has 0 aliphatic rings. The van der Waals surface area contributed by atoms with Crippen molar-refractivity contribution in [2.45, 2.75) is 6.92 Å². The smallest absolute Gasteiger partial charge is 0.357 e. The summed E-state index contributed by atoms with van der Waals surface area (Å²) in [5.74, 6) is -1.15. The minimum atomic E-state index is -0.622. The van der Waals surface area contributed by atoms with Crippen molar-refractivity contribution < 1.29 is 13.9 Å². The molecule has 0 radical (unpaired) electrons. The second kappa shape index (κ2) is 4.32. The second-order valence-electron chi connectivity index (χ2n) is 2.21. The summed E-state index contributed by atoms with van der Waals surface area (Å²) >= 11 is 2.97. The van der Waals surface area contributed by atoms with Crippen molar-refractivity contribution in [1.82, 2.24) is 4.98 Å². The molecule has 0 spiro atoms. The van der Waals surface area contributed by atoms with Gasteiger partial charge in [-0.25, -0.2) is 14.2 Å². The molecule has 0 N–H and O–H groups in total. The summed E-state index contributed by atoms with van der Waals surface area (Å²) in [5, 5.41) is 0. The SMILES string of the molecule is CCOC(=O)c1cc(F)cc(Br)n1. The molecular formula is C8H7BrFNO2. The zero-order chi connectivity index (χ0) is 9.84. The Kier molecular flexibility index (Phi) is 3.36. The topological polar surface area (TPSA) is 39.2 Å². The minimum Gasteiger partial charge on any atom is -0.461 e. The quantitative estimate of drug-likeness (QED) is 0.594. The van der Waals surface area contributed by atoms with Gasteiger partial charge >= 0.3 is 5.97 Å². The van der Waals surface area contributed by atoms with Crippen LogP contribution in [-0.4, -0.2) is 17.6 Å². The first-order chi connectivity index (χ1) is 6.13. The lowest BCUT2D eigenvalue weighted by Crippen LogP contribution is -2.07. The number of hydrogen-bond acceptors (Lipinski definition) is 3. The van der Waals surface area contributed by atoms with Crippen LogP contribution < -0.4 is 0 Å². The van der Waals surface area contributed by atoms with Crippen LogP contribution in [-0.2, 0) is 4.74 Å². The zero-order valence-corrected chi connectivity index (χ0v) is 8.47. The van der Waals surface area contributed by atoms with Gasteiger partial charge in [-0.1, -0.05) is 0 Å². The Morgan fingerprint density at radius 2 is 2.38 bits per heavy atom. The third kappa shape index (κ3) is 2.77. The van der Waals surface area contributed by atoms with E-state index in [2.05, 4.69) is 25.7 Å². The molecule has 0 bridgehead atoms. The number of carbonyl (C=O) groups excluding carboxylic acids is 1. The molecule has 0 unspecified atom stereocenters. The van der Waals surface area contributed by atoms with E-state index in [1.54, 1.807) is 6.92 Å². The van der Waals surface area contributed by atoms with Crippen LogP contribution in [0.1, 0.15) is 17.4 Å². The van der Waals surface area contributed by atoms with Crippen LogP contribution in [0.15, 0.2) is 16.7 Å². The molecule has 1 aromatic rings. The molecule has 3 nitrogen and oxygen atoms in total. The summed E-state index contributed by atoms with van der Waals surface area (Å²) in [5.41, 5.74) is -0.0336. The maximum Gasteiger partial charge on any atom is 0.357 e. The van der Waals surface area contributed by atoms with Crippen molar-refractivity contribution >= 4 is 21.9 Å². The molecule has 5 heteroatoms. The van der Waals surface area contributed by atoms with Gasteiger partial charge in [0, 0.05) is 12.1 Å². The lowest BCUT2D eigenvalue weighted by atomic mass is 10.3. The van der Waals surface area contributed by atoms with Crippen molar-refractivity contribution in [3.8, 4) is 0 Å². The van der Waals surface area contributed by atoms with Crippen LogP contribution in [0.5, 0.6) is 0 Å². The van der Waals surface area contributed by atoms with Gasteiger partial charge in [0.2, 0.25) is 0 Å². The Morgan fingerprint density at radius 1 is 1.69 bits per heavy atom. The van der Waals surface area contributed by atoms with Crippen LogP contribution in [0, 0.1) is 5.82 Å². The third-order valence-electron chi connectivity index (χ3n) is 1.24. The highest BCUT2D eigenvalue weighted by Gasteiger charge is 2.10. The highest BCUT2D eigenvalue weighted by molar-refractivity contribution is 9.10. The average Bonchev–Trinajstić information content (AvgIpc) is 2.03. The van der Waals surface area contributed by atoms with Crippen LogP contribution in [0.25, 0.3) is 0 Å². The van der Waals surface area contributed by atoms with Gasteiger partial charge in [-0.3, -0.25) is 0 Å². The van der Waals surface area contributed by atoms with Gasteiger partial charge in [0.15, 0.2) is 5.69 Å². The lowest BCUT2D eigenvalue weighted by molar-refractivity contribution is 0.0518. The van der Waals surface area contributed by atoms with Crippen LogP contribution in [0.4, 0.5) is 4.39 Å². The second-order valence-corrected chi connectivity index (χ2v) is 3.03. The van der Waals surface area contributed by atoms with Crippen molar-refractivity contribution in [2.75, 3.05) is 6.61 Å². The molecular weight excluding hydrogens is 241 g/mol. The molecule has 1 aromatic heterocycles. The van der Waals surface area contributed by atoms with Crippen molar-refractivity contribution in [3.63, 3.8) is 0 Å². The number of pyridine rings is 1. The molecule has 1 rings (SSSR count). The zero-order valence-electron chi connectivity index (χ0n) is 6.88. The van der Waals surface area contributed by atoms with Gasteiger partial charge in [0.05, 0.1) is 6.61 Å². The van der Waals surface area contributed by atoms with Crippen molar-refractivity contribution in [2.24, 2.45) is 0 Å². The molecule has 1 heterocycles. The van der Waals surface area contributed by atoms with Crippen LogP contribution in [0.3, 0.4) is 0 Å². The fourth-order valence-electron chi connectivity index (χ4n) is 0.775. The predicted octanol–water partition coefficient (Wildman–Crippen LogP) is 2.16. The number of hydrogen-bond donors (Lipinski definition) is 0. The summed E-state index contributed by atoms with van der Waals surface area (Å²) in [7, 11) is 0. The Bertz CT molecular complexity index is 310. The minimum absolute atomic E-state index is 0.0336. The van der Waals surface area contributed by atoms with E-state index in [0.717, 1.165) is 6.07 Å². The Hall–Kier alpha value is -0.970. The van der Waals surface area contributed by atoms with E-state index in [0.29, 0.717) is 0 Å². The average molecular weight is 248 g/mol. The number of ether oxygens (including phenoxy) is 1. The van der Waals surface area contributed by atoms with Crippen molar-refractivity contribution in [1.29, 1.82) is 0 Å². The maximum atomic E-state index is 12.8. The van der Waals surface area contributed by atoms with E-state index >= 15 is 0 Å². The third-order valence-corrected chi connectivity index (χ3v) is 1.65. The molecule has 0 saturated heterocycles. The molecule has 0 aromatic carbocycles. The molecule has 13 heavy (non-hydrogen) atoms. The molecule has 0 atom stereocenters. The molecule has 70 valence electrons. The Labute approximate surface area is 83.1 Å². The van der Waals surface area contributed by atoms with E-state index in [1.807, 2.05) is 0 Å². The Balaban J connectivity index is 2.94. The number of aromatic nitrogens is 1. The van der Waals surface area contributed by atoms with E-state index < -0.39 is 11.8 Å². The summed E-state index contributed by atoms with van der Waals surface area (Å²) in [6.45, 7) is 1.92. The molecule has 0 aliphatic carbocycles. The molecule has 0 aliphatic heterocycles. The highest BCUT2D eigenvalue weighted by Crippen LogP contribution is 2.10. The van der Waals surface area contributed by atoms with Crippen LogP contribution in [0.2, 0.25) is 0 Å². The van der Waals surface area contributed by atoms with Gasteiger partial charge in [0.1, 0.15) is 10.4 Å². The monoisotopic (exact) mass is 247 g/mol. The number of halogens is 2. The number of rotatable bonds is 2. The number of nitrogens with zero attached hydrogens (tertiary/aromatic N) is 1. The van der Waals surface area contributed by atoms with Crippen LogP contribution >= 0.6 is 15.9 Å². The fourth-order valence-corrected chi connectivity index (χ4v) is 1.19. The highest BCUT2D eigenvalue weighted by atomic mass is 79.9. The van der Waals surface area contributed by atoms with E-state index in [9.17, 15) is 9.18 Å². The summed E-state index contributed by atoms with van der Waals surface area (Å²) < 4.78 is 17.7. The first kappa shape index (κ1) is 10.1. The van der Waals surface area contributed by atoms with Gasteiger partial charge in [-0.15, -0.1) is 0 Å². The number of esters is 1.